The summed E-state index contributed by atoms with van der Waals surface area (Å²) in [5, 5.41) is 6.77. The molecule has 0 aromatic heterocycles. The van der Waals surface area contributed by atoms with Gasteiger partial charge in [-0.15, -0.1) is 0 Å². The van der Waals surface area contributed by atoms with Gasteiger partial charge in [-0.05, 0) is 36.0 Å². The maximum absolute atomic E-state index is 12.3. The van der Waals surface area contributed by atoms with E-state index in [0.29, 0.717) is 12.3 Å². The Labute approximate surface area is 180 Å². The van der Waals surface area contributed by atoms with Crippen LogP contribution in [0.3, 0.4) is 0 Å². The normalized spacial score (nSPS) is 16.7. The number of benzene rings is 2. The molecule has 0 bridgehead atoms. The van der Waals surface area contributed by atoms with Crippen LogP contribution in [0.4, 0.5) is 0 Å². The molecule has 0 radical (unpaired) electrons. The predicted octanol–water partition coefficient (Wildman–Crippen LogP) is 3.05. The summed E-state index contributed by atoms with van der Waals surface area (Å²) in [6, 6.07) is 19.2. The molecule has 1 amide bonds. The third-order valence-electron chi connectivity index (χ3n) is 5.73. The molecule has 30 heavy (non-hydrogen) atoms. The molecule has 1 atom stereocenters. The second-order valence-electron chi connectivity index (χ2n) is 7.95. The fraction of sp³-hybridized carbons (Fsp3) is 0.440. The van der Waals surface area contributed by atoms with Crippen LogP contribution in [-0.4, -0.2) is 50.0 Å². The molecule has 2 aromatic carbocycles. The molecule has 5 nitrogen and oxygen atoms in total. The van der Waals surface area contributed by atoms with E-state index in [9.17, 15) is 4.79 Å². The maximum atomic E-state index is 12.3. The van der Waals surface area contributed by atoms with E-state index in [2.05, 4.69) is 58.9 Å². The summed E-state index contributed by atoms with van der Waals surface area (Å²) < 4.78 is 0. The fourth-order valence-corrected chi connectivity index (χ4v) is 3.84. The van der Waals surface area contributed by atoms with Crippen molar-refractivity contribution in [1.29, 1.82) is 0 Å². The number of nitrogens with one attached hydrogen (secondary N) is 2. The van der Waals surface area contributed by atoms with Crippen molar-refractivity contribution in [2.24, 2.45) is 10.9 Å². The van der Waals surface area contributed by atoms with E-state index < -0.39 is 0 Å². The first kappa shape index (κ1) is 21.9. The summed E-state index contributed by atoms with van der Waals surface area (Å²) in [6.07, 6.45) is 3.56. The summed E-state index contributed by atoms with van der Waals surface area (Å²) in [6.45, 7) is 5.38. The Hall–Kier alpha value is -2.82. The highest BCUT2D eigenvalue weighted by Crippen LogP contribution is 2.17. The lowest BCUT2D eigenvalue weighted by atomic mass is 10.1. The van der Waals surface area contributed by atoms with Gasteiger partial charge in [0.15, 0.2) is 5.96 Å². The molecule has 1 heterocycles. The summed E-state index contributed by atoms with van der Waals surface area (Å²) in [5.74, 6) is 1.39. The van der Waals surface area contributed by atoms with Gasteiger partial charge in [0.1, 0.15) is 0 Å². The number of guanidine groups is 1. The Kier molecular flexibility index (Phi) is 8.30. The fourth-order valence-electron chi connectivity index (χ4n) is 3.84. The van der Waals surface area contributed by atoms with Crippen LogP contribution in [0.5, 0.6) is 0 Å². The van der Waals surface area contributed by atoms with Crippen molar-refractivity contribution in [3.05, 3.63) is 71.3 Å². The SMILES string of the molecule is CCc1ccc(CCNC(=NC)NCC2CC(=O)N(CCc3ccccc3)C2)cc1. The number of hydrogen-bond acceptors (Lipinski definition) is 2. The number of amides is 1. The molecular formula is C25H34N4O. The number of nitrogens with zero attached hydrogens (tertiary/aromatic N) is 2. The van der Waals surface area contributed by atoms with E-state index >= 15 is 0 Å². The molecule has 160 valence electrons. The van der Waals surface area contributed by atoms with Crippen LogP contribution in [0.25, 0.3) is 0 Å². The lowest BCUT2D eigenvalue weighted by Gasteiger charge is -2.18. The number of hydrogen-bond donors (Lipinski definition) is 2. The van der Waals surface area contributed by atoms with Crippen LogP contribution < -0.4 is 10.6 Å². The number of likely N-dealkylation sites (tertiary alicyclic amines) is 1. The van der Waals surface area contributed by atoms with Crippen LogP contribution in [0.1, 0.15) is 30.0 Å². The highest BCUT2D eigenvalue weighted by Gasteiger charge is 2.29. The first-order valence-electron chi connectivity index (χ1n) is 11.0. The Balaban J connectivity index is 1.36. The third kappa shape index (κ3) is 6.61. The molecule has 0 saturated carbocycles. The average molecular weight is 407 g/mol. The minimum Gasteiger partial charge on any atom is -0.356 e. The van der Waals surface area contributed by atoms with Crippen molar-refractivity contribution in [1.82, 2.24) is 15.5 Å². The lowest BCUT2D eigenvalue weighted by Crippen LogP contribution is -2.41. The van der Waals surface area contributed by atoms with Crippen LogP contribution >= 0.6 is 0 Å². The minimum absolute atomic E-state index is 0.260. The molecule has 1 aliphatic rings. The van der Waals surface area contributed by atoms with Crippen LogP contribution in [-0.2, 0) is 24.1 Å². The number of carbonyl (C=O) groups excluding carboxylic acids is 1. The largest absolute Gasteiger partial charge is 0.356 e. The maximum Gasteiger partial charge on any atom is 0.223 e. The summed E-state index contributed by atoms with van der Waals surface area (Å²) in [7, 11) is 1.79. The number of carbonyl (C=O) groups is 1. The molecule has 0 aliphatic carbocycles. The van der Waals surface area contributed by atoms with Gasteiger partial charge in [-0.2, -0.15) is 0 Å². The molecule has 1 fully saturated rings. The molecule has 5 heteroatoms. The number of aliphatic imine (C=N–C) groups is 1. The van der Waals surface area contributed by atoms with E-state index in [1.165, 1.54) is 16.7 Å². The zero-order valence-electron chi connectivity index (χ0n) is 18.2. The summed E-state index contributed by atoms with van der Waals surface area (Å²) in [5.41, 5.74) is 3.97. The van der Waals surface area contributed by atoms with Gasteiger partial charge < -0.3 is 15.5 Å². The Morgan fingerprint density at radius 3 is 2.40 bits per heavy atom. The van der Waals surface area contributed by atoms with Crippen molar-refractivity contribution in [2.75, 3.05) is 33.2 Å². The molecule has 1 saturated heterocycles. The second-order valence-corrected chi connectivity index (χ2v) is 7.95. The van der Waals surface area contributed by atoms with Gasteiger partial charge in [-0.25, -0.2) is 0 Å². The van der Waals surface area contributed by atoms with Gasteiger partial charge in [0.05, 0.1) is 0 Å². The smallest absolute Gasteiger partial charge is 0.223 e. The van der Waals surface area contributed by atoms with Crippen LogP contribution in [0.2, 0.25) is 0 Å². The van der Waals surface area contributed by atoms with Crippen LogP contribution in [0, 0.1) is 5.92 Å². The third-order valence-corrected chi connectivity index (χ3v) is 5.73. The predicted molar refractivity (Wildman–Crippen MR) is 124 cm³/mol. The van der Waals surface area contributed by atoms with E-state index in [0.717, 1.165) is 51.4 Å². The molecule has 2 aromatic rings. The molecule has 2 N–H and O–H groups in total. The van der Waals surface area contributed by atoms with Crippen molar-refractivity contribution < 1.29 is 4.79 Å². The van der Waals surface area contributed by atoms with Crippen LogP contribution in [0.15, 0.2) is 59.6 Å². The van der Waals surface area contributed by atoms with Crippen molar-refractivity contribution in [3.8, 4) is 0 Å². The van der Waals surface area contributed by atoms with E-state index in [1.54, 1.807) is 7.05 Å². The highest BCUT2D eigenvalue weighted by molar-refractivity contribution is 5.80. The van der Waals surface area contributed by atoms with E-state index in [1.807, 2.05) is 23.1 Å². The van der Waals surface area contributed by atoms with Gasteiger partial charge in [0, 0.05) is 45.6 Å². The zero-order chi connectivity index (χ0) is 21.2. The summed E-state index contributed by atoms with van der Waals surface area (Å²) >= 11 is 0. The van der Waals surface area contributed by atoms with Crippen molar-refractivity contribution >= 4 is 11.9 Å². The molecule has 3 rings (SSSR count). The van der Waals surface area contributed by atoms with Gasteiger partial charge in [-0.3, -0.25) is 9.79 Å². The highest BCUT2D eigenvalue weighted by atomic mass is 16.2. The number of rotatable bonds is 9. The monoisotopic (exact) mass is 406 g/mol. The van der Waals surface area contributed by atoms with Gasteiger partial charge >= 0.3 is 0 Å². The average Bonchev–Trinajstić information content (AvgIpc) is 3.15. The molecule has 1 unspecified atom stereocenters. The molecule has 0 spiro atoms. The minimum atomic E-state index is 0.260. The standard InChI is InChI=1S/C25H34N4O/c1-3-20-9-11-22(12-10-20)13-15-27-25(26-2)28-18-23-17-24(30)29(19-23)16-14-21-7-5-4-6-8-21/h4-12,23H,3,13-19H2,1-2H3,(H2,26,27,28). The first-order valence-corrected chi connectivity index (χ1v) is 11.0. The van der Waals surface area contributed by atoms with Gasteiger partial charge in [0.25, 0.3) is 0 Å². The quantitative estimate of drug-likeness (QED) is 0.497. The van der Waals surface area contributed by atoms with Gasteiger partial charge in [-0.1, -0.05) is 61.5 Å². The van der Waals surface area contributed by atoms with Crippen molar-refractivity contribution in [2.45, 2.75) is 32.6 Å². The zero-order valence-corrected chi connectivity index (χ0v) is 18.2. The lowest BCUT2D eigenvalue weighted by molar-refractivity contribution is -0.127. The first-order chi connectivity index (χ1) is 14.7. The topological polar surface area (TPSA) is 56.7 Å². The Morgan fingerprint density at radius 2 is 1.70 bits per heavy atom. The molecular weight excluding hydrogens is 372 g/mol. The second kappa shape index (κ2) is 11.4. The van der Waals surface area contributed by atoms with E-state index in [-0.39, 0.29) is 5.91 Å². The molecule has 1 aliphatic heterocycles. The Bertz CT molecular complexity index is 817. The summed E-state index contributed by atoms with van der Waals surface area (Å²) in [4.78, 5) is 18.7. The van der Waals surface area contributed by atoms with Crippen molar-refractivity contribution in [3.63, 3.8) is 0 Å². The Morgan fingerprint density at radius 1 is 1.00 bits per heavy atom. The van der Waals surface area contributed by atoms with Gasteiger partial charge in [0.2, 0.25) is 5.91 Å². The number of aryl methyl sites for hydroxylation is 1. The van der Waals surface area contributed by atoms with E-state index in [4.69, 9.17) is 0 Å².